The molecule has 7 aromatic rings. The number of alkyl halides is 1. The van der Waals surface area contributed by atoms with Crippen LogP contribution in [0.15, 0.2) is 77.2 Å². The lowest BCUT2D eigenvalue weighted by Crippen LogP contribution is -2.57. The number of rotatable bonds is 7. The van der Waals surface area contributed by atoms with E-state index in [1.807, 2.05) is 0 Å². The van der Waals surface area contributed by atoms with Gasteiger partial charge in [0.25, 0.3) is 5.91 Å². The van der Waals surface area contributed by atoms with Gasteiger partial charge in [-0.15, -0.1) is 0 Å². The summed E-state index contributed by atoms with van der Waals surface area (Å²) in [5, 5.41) is 12.5. The van der Waals surface area contributed by atoms with E-state index in [4.69, 9.17) is 14.4 Å². The summed E-state index contributed by atoms with van der Waals surface area (Å²) in [5.74, 6) is -0.777. The van der Waals surface area contributed by atoms with Gasteiger partial charge in [0.15, 0.2) is 0 Å². The van der Waals surface area contributed by atoms with E-state index in [0.29, 0.717) is 55.5 Å². The number of pyridine rings is 1. The quantitative estimate of drug-likeness (QED) is 0.206. The SMILES string of the molecule is CNC(=O)c1c(-c2ccc(F)cc2)oc2cc(N(C)S(C)(=O)=O)c(-c3ccc4nc(CN5CC(F)(C#N)C5)n5c6cccc(F)c6cc5c4n3)cc12. The Bertz CT molecular complexity index is 2790. The number of benzene rings is 3. The number of hydrogen-bond donors (Lipinski definition) is 1. The van der Waals surface area contributed by atoms with E-state index in [-0.39, 0.29) is 42.2 Å². The number of carbonyl (C=O) groups excluding carboxylic acids is 1. The largest absolute Gasteiger partial charge is 0.455 e. The second-order valence-electron chi connectivity index (χ2n) is 12.8. The number of nitrogens with zero attached hydrogens (tertiary/aromatic N) is 6. The number of nitrogens with one attached hydrogen (secondary N) is 1. The zero-order chi connectivity index (χ0) is 36.7. The molecule has 1 fully saturated rings. The van der Waals surface area contributed by atoms with Crippen molar-refractivity contribution in [3.63, 3.8) is 0 Å². The van der Waals surface area contributed by atoms with E-state index in [1.54, 1.807) is 51.8 Å². The highest BCUT2D eigenvalue weighted by molar-refractivity contribution is 7.92. The lowest BCUT2D eigenvalue weighted by Gasteiger charge is -2.39. The van der Waals surface area contributed by atoms with E-state index in [1.165, 1.54) is 50.5 Å². The smallest absolute Gasteiger partial charge is 0.255 e. The second-order valence-corrected chi connectivity index (χ2v) is 14.9. The molecular formula is C37H28F3N7O4S. The third-order valence-corrected chi connectivity index (χ3v) is 10.6. The molecule has 1 aliphatic rings. The third-order valence-electron chi connectivity index (χ3n) is 9.41. The van der Waals surface area contributed by atoms with Crippen LogP contribution < -0.4 is 9.62 Å². The molecule has 0 radical (unpaired) electrons. The number of carbonyl (C=O) groups is 1. The van der Waals surface area contributed by atoms with E-state index in [9.17, 15) is 27.3 Å². The molecule has 52 heavy (non-hydrogen) atoms. The molecule has 11 nitrogen and oxygen atoms in total. The Balaban J connectivity index is 1.38. The average Bonchev–Trinajstić information content (AvgIpc) is 3.69. The van der Waals surface area contributed by atoms with Crippen LogP contribution in [0.1, 0.15) is 16.2 Å². The first kappa shape index (κ1) is 33.2. The number of amides is 1. The molecular weight excluding hydrogens is 696 g/mol. The van der Waals surface area contributed by atoms with Gasteiger partial charge < -0.3 is 9.73 Å². The van der Waals surface area contributed by atoms with Crippen LogP contribution in [0.2, 0.25) is 0 Å². The molecule has 0 saturated carbocycles. The maximum atomic E-state index is 15.2. The van der Waals surface area contributed by atoms with Crippen LogP contribution in [-0.2, 0) is 16.6 Å². The van der Waals surface area contributed by atoms with Crippen LogP contribution >= 0.6 is 0 Å². The van der Waals surface area contributed by atoms with Gasteiger partial charge in [-0.05, 0) is 60.7 Å². The van der Waals surface area contributed by atoms with Gasteiger partial charge in [-0.2, -0.15) is 5.26 Å². The minimum absolute atomic E-state index is 0.0938. The number of likely N-dealkylation sites (tertiary alicyclic amines) is 1. The number of sulfonamides is 1. The number of anilines is 1. The third kappa shape index (κ3) is 5.30. The summed E-state index contributed by atoms with van der Waals surface area (Å²) in [7, 11) is -0.983. The molecule has 4 aromatic heterocycles. The van der Waals surface area contributed by atoms with Crippen molar-refractivity contribution in [3.8, 4) is 28.7 Å². The Labute approximate surface area is 294 Å². The van der Waals surface area contributed by atoms with Crippen LogP contribution in [0.25, 0.3) is 61.0 Å². The number of halogens is 3. The van der Waals surface area contributed by atoms with Crippen molar-refractivity contribution in [2.75, 3.05) is 37.7 Å². The molecule has 0 atom stereocenters. The van der Waals surface area contributed by atoms with Crippen LogP contribution in [0.4, 0.5) is 18.9 Å². The topological polar surface area (TPSA) is 137 Å². The first-order chi connectivity index (χ1) is 24.8. The predicted octanol–water partition coefficient (Wildman–Crippen LogP) is 6.20. The highest BCUT2D eigenvalue weighted by Crippen LogP contribution is 2.42. The van der Waals surface area contributed by atoms with Crippen LogP contribution in [0, 0.1) is 23.0 Å². The molecule has 5 heterocycles. The maximum Gasteiger partial charge on any atom is 0.255 e. The summed E-state index contributed by atoms with van der Waals surface area (Å²) in [4.78, 5) is 24.9. The van der Waals surface area contributed by atoms with Gasteiger partial charge in [-0.3, -0.25) is 18.4 Å². The minimum Gasteiger partial charge on any atom is -0.455 e. The zero-order valence-corrected chi connectivity index (χ0v) is 28.7. The fraction of sp³-hybridized carbons (Fsp3) is 0.189. The van der Waals surface area contributed by atoms with Crippen molar-refractivity contribution in [1.82, 2.24) is 24.6 Å². The van der Waals surface area contributed by atoms with E-state index in [0.717, 1.165) is 10.6 Å². The molecule has 1 N–H and O–H groups in total. The molecule has 15 heteroatoms. The Morgan fingerprint density at radius 1 is 1.04 bits per heavy atom. The minimum atomic E-state index is -3.83. The van der Waals surface area contributed by atoms with E-state index >= 15 is 4.39 Å². The summed E-state index contributed by atoms with van der Waals surface area (Å²) in [6.45, 7) is -0.00601. The number of fused-ring (bicyclic) bond motifs is 6. The highest BCUT2D eigenvalue weighted by atomic mass is 32.2. The Hall–Kier alpha value is -5.98. The van der Waals surface area contributed by atoms with Gasteiger partial charge in [0.2, 0.25) is 15.7 Å². The first-order valence-corrected chi connectivity index (χ1v) is 17.9. The average molecular weight is 724 g/mol. The Morgan fingerprint density at radius 3 is 2.48 bits per heavy atom. The van der Waals surface area contributed by atoms with Gasteiger partial charge in [0.05, 0.1) is 46.3 Å². The van der Waals surface area contributed by atoms with Crippen molar-refractivity contribution in [2.24, 2.45) is 0 Å². The summed E-state index contributed by atoms with van der Waals surface area (Å²) >= 11 is 0. The van der Waals surface area contributed by atoms with Gasteiger partial charge in [-0.25, -0.2) is 31.6 Å². The van der Waals surface area contributed by atoms with Gasteiger partial charge >= 0.3 is 0 Å². The van der Waals surface area contributed by atoms with Gasteiger partial charge in [0.1, 0.15) is 40.4 Å². The van der Waals surface area contributed by atoms with Crippen LogP contribution in [0.3, 0.4) is 0 Å². The molecule has 8 rings (SSSR count). The maximum absolute atomic E-state index is 15.2. The molecule has 1 aliphatic heterocycles. The number of aromatic nitrogens is 3. The molecule has 262 valence electrons. The monoisotopic (exact) mass is 723 g/mol. The Kier molecular flexibility index (Phi) is 7.52. The fourth-order valence-corrected chi connectivity index (χ4v) is 7.31. The zero-order valence-electron chi connectivity index (χ0n) is 27.9. The number of furan rings is 1. The van der Waals surface area contributed by atoms with E-state index < -0.39 is 33.2 Å². The van der Waals surface area contributed by atoms with Crippen LogP contribution in [0.5, 0.6) is 0 Å². The van der Waals surface area contributed by atoms with Crippen LogP contribution in [-0.4, -0.2) is 72.7 Å². The predicted molar refractivity (Wildman–Crippen MR) is 190 cm³/mol. The molecule has 3 aromatic carbocycles. The standard InChI is InChI=1S/C37H28F3N7O4S/c1-42-36(48)33-24-13-23(29(45(2)52(3,49)50)15-31(24)51-35(33)20-7-9-21(38)10-8-20)26-11-12-27-34(44-26)30-14-22-25(39)5-4-6-28(22)47(30)32(43-27)16-46-18-37(40,17-41)19-46/h4-15H,16,18-19H2,1-3H3,(H,42,48). The molecule has 0 bridgehead atoms. The molecule has 0 spiro atoms. The van der Waals surface area contributed by atoms with Crippen molar-refractivity contribution < 1.29 is 30.8 Å². The molecule has 1 amide bonds. The second kappa shape index (κ2) is 11.8. The van der Waals surface area contributed by atoms with E-state index in [2.05, 4.69) is 5.32 Å². The Morgan fingerprint density at radius 2 is 1.79 bits per heavy atom. The first-order valence-electron chi connectivity index (χ1n) is 16.0. The lowest BCUT2D eigenvalue weighted by molar-refractivity contribution is 0.00388. The van der Waals surface area contributed by atoms with Gasteiger partial charge in [0, 0.05) is 55.2 Å². The number of hydrogen-bond acceptors (Lipinski definition) is 8. The highest BCUT2D eigenvalue weighted by Gasteiger charge is 2.44. The summed E-state index contributed by atoms with van der Waals surface area (Å²) < 4.78 is 78.4. The normalized spacial score (nSPS) is 14.6. The van der Waals surface area contributed by atoms with Crippen molar-refractivity contribution in [2.45, 2.75) is 12.2 Å². The van der Waals surface area contributed by atoms with Gasteiger partial charge in [-0.1, -0.05) is 6.07 Å². The molecule has 1 saturated heterocycles. The molecule has 0 aliphatic carbocycles. The van der Waals surface area contributed by atoms with Crippen molar-refractivity contribution in [3.05, 3.63) is 95.8 Å². The summed E-state index contributed by atoms with van der Waals surface area (Å²) in [6, 6.07) is 19.9. The van der Waals surface area contributed by atoms with Crippen molar-refractivity contribution >= 4 is 60.0 Å². The van der Waals surface area contributed by atoms with Crippen molar-refractivity contribution in [1.29, 1.82) is 5.26 Å². The summed E-state index contributed by atoms with van der Waals surface area (Å²) in [5.41, 5.74) is 1.51. The fourth-order valence-electron chi connectivity index (χ4n) is 6.80. The lowest BCUT2D eigenvalue weighted by atomic mass is 9.98. The number of nitriles is 1. The molecule has 0 unspecified atom stereocenters. The summed E-state index contributed by atoms with van der Waals surface area (Å²) in [6.07, 6.45) is 1.05.